The number of phenolic OH excluding ortho intramolecular Hbond substituents is 4. The van der Waals surface area contributed by atoms with Gasteiger partial charge < -0.3 is 29.6 Å². The number of fused-ring (bicyclic) bond motifs is 1. The van der Waals surface area contributed by atoms with Crippen LogP contribution in [0, 0.1) is 0 Å². The third kappa shape index (κ3) is 4.24. The highest BCUT2D eigenvalue weighted by molar-refractivity contribution is 9.11. The number of rotatable bonds is 4. The van der Waals surface area contributed by atoms with Gasteiger partial charge in [0.15, 0.2) is 22.9 Å². The van der Waals surface area contributed by atoms with Gasteiger partial charge in [-0.15, -0.1) is 0 Å². The summed E-state index contributed by atoms with van der Waals surface area (Å²) >= 11 is 6.46. The average molecular weight is 574 g/mol. The highest BCUT2D eigenvalue weighted by Gasteiger charge is 2.31. The predicted octanol–water partition coefficient (Wildman–Crippen LogP) is 4.28. The van der Waals surface area contributed by atoms with Crippen LogP contribution in [0.1, 0.15) is 41.3 Å². The minimum Gasteiger partial charge on any atom is -0.504 e. The molecule has 1 unspecified atom stereocenters. The van der Waals surface area contributed by atoms with E-state index in [-0.39, 0.29) is 50.5 Å². The smallest absolute Gasteiger partial charge is 0.308 e. The van der Waals surface area contributed by atoms with E-state index in [9.17, 15) is 30.0 Å². The maximum Gasteiger partial charge on any atom is 0.308 e. The molecule has 162 valence electrons. The second kappa shape index (κ2) is 9.05. The fraction of sp³-hybridized carbons (Fsp3) is 0.158. The van der Waals surface area contributed by atoms with Crippen LogP contribution in [-0.2, 0) is 4.79 Å². The van der Waals surface area contributed by atoms with Crippen LogP contribution >= 0.6 is 45.4 Å². The summed E-state index contributed by atoms with van der Waals surface area (Å²) in [6.45, 7) is 2.74. The summed E-state index contributed by atoms with van der Waals surface area (Å²) in [5, 5.41) is 39.8. The topological polar surface area (TPSA) is 137 Å². The number of benzene rings is 2. The van der Waals surface area contributed by atoms with Gasteiger partial charge in [0, 0.05) is 12.5 Å². The molecule has 0 saturated heterocycles. The van der Waals surface area contributed by atoms with Gasteiger partial charge in [0.05, 0.1) is 27.7 Å². The van der Waals surface area contributed by atoms with Crippen molar-refractivity contribution in [2.45, 2.75) is 19.7 Å². The minimum atomic E-state index is -1.02. The molecule has 1 heterocycles. The number of halogens is 2. The van der Waals surface area contributed by atoms with Crippen molar-refractivity contribution >= 4 is 75.9 Å². The quantitative estimate of drug-likeness (QED) is 0.0906. The fourth-order valence-electron chi connectivity index (χ4n) is 2.91. The molecule has 0 bridgehead atoms. The summed E-state index contributed by atoms with van der Waals surface area (Å²) < 4.78 is 11.1. The van der Waals surface area contributed by atoms with Crippen LogP contribution in [0.4, 0.5) is 0 Å². The highest BCUT2D eigenvalue weighted by atomic mass is 79.9. The Balaban J connectivity index is 0.00000341. The van der Waals surface area contributed by atoms with Crippen molar-refractivity contribution in [1.29, 1.82) is 0 Å². The van der Waals surface area contributed by atoms with E-state index in [0.717, 1.165) is 0 Å². The summed E-state index contributed by atoms with van der Waals surface area (Å²) in [7, 11) is 5.90. The first-order valence-corrected chi connectivity index (χ1v) is 9.94. The van der Waals surface area contributed by atoms with Gasteiger partial charge in [0.1, 0.15) is 5.76 Å². The lowest BCUT2D eigenvalue weighted by Gasteiger charge is -2.11. The Morgan fingerprint density at radius 3 is 2.03 bits per heavy atom. The van der Waals surface area contributed by atoms with Crippen molar-refractivity contribution in [3.63, 3.8) is 0 Å². The first kappa shape index (κ1) is 25.0. The molecule has 0 spiro atoms. The lowest BCUT2D eigenvalue weighted by atomic mass is 9.83. The Labute approximate surface area is 200 Å². The highest BCUT2D eigenvalue weighted by Crippen LogP contribution is 2.52. The molecule has 12 heteroatoms. The summed E-state index contributed by atoms with van der Waals surface area (Å²) in [6.07, 6.45) is 0. The van der Waals surface area contributed by atoms with Gasteiger partial charge in [0.2, 0.25) is 17.2 Å². The van der Waals surface area contributed by atoms with Gasteiger partial charge in [-0.1, -0.05) is 6.92 Å². The van der Waals surface area contributed by atoms with Gasteiger partial charge in [-0.3, -0.25) is 9.59 Å². The molecule has 31 heavy (non-hydrogen) atoms. The number of hydrogen-bond donors (Lipinski definition) is 4. The Bertz CT molecular complexity index is 1200. The van der Waals surface area contributed by atoms with E-state index in [4.69, 9.17) is 17.0 Å². The molecule has 8 nitrogen and oxygen atoms in total. The predicted molar refractivity (Wildman–Crippen MR) is 124 cm³/mol. The molecule has 2 radical (unpaired) electrons. The number of carbonyl (C=O) groups excluding carboxylic acids is 2. The fourth-order valence-corrected chi connectivity index (χ4v) is 4.26. The van der Waals surface area contributed by atoms with Crippen LogP contribution in [0.2, 0.25) is 0 Å². The second-order valence-corrected chi connectivity index (χ2v) is 8.13. The first-order chi connectivity index (χ1) is 14.0. The Hall–Kier alpha value is -2.31. The van der Waals surface area contributed by atoms with Crippen molar-refractivity contribution in [3.05, 3.63) is 38.0 Å². The Morgan fingerprint density at radius 1 is 1.03 bits per heavy atom. The maximum absolute atomic E-state index is 13.3. The molecule has 4 N–H and O–H groups in total. The molecular weight excluding hydrogens is 559 g/mol. The van der Waals surface area contributed by atoms with E-state index in [0.29, 0.717) is 0 Å². The van der Waals surface area contributed by atoms with Crippen LogP contribution in [0.25, 0.3) is 11.0 Å². The number of carbonyl (C=O) groups is 2. The molecule has 0 saturated carbocycles. The van der Waals surface area contributed by atoms with E-state index in [1.165, 1.54) is 26.0 Å². The van der Waals surface area contributed by atoms with Crippen LogP contribution in [-0.4, -0.2) is 40.0 Å². The van der Waals surface area contributed by atoms with Crippen LogP contribution in [0.15, 0.2) is 25.5 Å². The molecule has 0 amide bonds. The average Bonchev–Trinajstić information content (AvgIpc) is 3.07. The summed E-state index contributed by atoms with van der Waals surface area (Å²) in [5.74, 6) is -5.72. The van der Waals surface area contributed by atoms with E-state index in [1.807, 2.05) is 0 Å². The first-order valence-electron chi connectivity index (χ1n) is 8.35. The van der Waals surface area contributed by atoms with Gasteiger partial charge in [0.25, 0.3) is 0 Å². The third-order valence-corrected chi connectivity index (χ3v) is 5.39. The van der Waals surface area contributed by atoms with Crippen molar-refractivity contribution < 1.29 is 39.2 Å². The lowest BCUT2D eigenvalue weighted by Crippen LogP contribution is -2.08. The molecular formula is C19H15BBr2O8S. The molecule has 0 aliphatic heterocycles. The van der Waals surface area contributed by atoms with Gasteiger partial charge in [-0.25, -0.2) is 0 Å². The van der Waals surface area contributed by atoms with E-state index in [2.05, 4.69) is 31.9 Å². The zero-order valence-electron chi connectivity index (χ0n) is 16.0. The minimum absolute atomic E-state index is 0. The number of hydrogen-bond acceptors (Lipinski definition) is 8. The van der Waals surface area contributed by atoms with Crippen molar-refractivity contribution in [3.8, 4) is 28.7 Å². The summed E-state index contributed by atoms with van der Waals surface area (Å²) in [5.41, 5.74) is -0.532. The van der Waals surface area contributed by atoms with Crippen molar-refractivity contribution in [1.82, 2.24) is 0 Å². The van der Waals surface area contributed by atoms with Gasteiger partial charge >= 0.3 is 5.97 Å². The van der Waals surface area contributed by atoms with Crippen LogP contribution in [0.5, 0.6) is 28.7 Å². The molecule has 2 aromatic carbocycles. The zero-order valence-corrected chi connectivity index (χ0v) is 20.2. The molecule has 3 aromatic rings. The monoisotopic (exact) mass is 572 g/mol. The van der Waals surface area contributed by atoms with Gasteiger partial charge in [-0.2, -0.15) is 13.5 Å². The van der Waals surface area contributed by atoms with Crippen molar-refractivity contribution in [2.75, 3.05) is 0 Å². The van der Waals surface area contributed by atoms with Crippen LogP contribution in [0.3, 0.4) is 0 Å². The Kier molecular flexibility index (Phi) is 7.29. The maximum atomic E-state index is 13.3. The SMILES string of the molecule is S.[B]C(C)c1oc2c(O)c(O)c(O)c(O)c2c1C(=O)c1cc(Br)c(OC(C)=O)c(Br)c1. The lowest BCUT2D eigenvalue weighted by molar-refractivity contribution is -0.131. The number of esters is 1. The molecule has 3 rings (SSSR count). The molecule has 0 aliphatic carbocycles. The molecule has 0 fully saturated rings. The van der Waals surface area contributed by atoms with E-state index >= 15 is 0 Å². The zero-order chi connectivity index (χ0) is 22.5. The second-order valence-electron chi connectivity index (χ2n) is 6.42. The summed E-state index contributed by atoms with van der Waals surface area (Å²) in [6, 6.07) is 2.76. The normalized spacial score (nSPS) is 11.7. The third-order valence-electron chi connectivity index (χ3n) is 4.21. The largest absolute Gasteiger partial charge is 0.504 e. The van der Waals surface area contributed by atoms with Crippen molar-refractivity contribution in [2.24, 2.45) is 0 Å². The van der Waals surface area contributed by atoms with Crippen LogP contribution < -0.4 is 4.74 Å². The number of ether oxygens (including phenoxy) is 1. The molecule has 0 aliphatic rings. The molecule has 1 atom stereocenters. The summed E-state index contributed by atoms with van der Waals surface area (Å²) in [4.78, 5) is 24.6. The number of aromatic hydroxyl groups is 4. The number of phenols is 4. The van der Waals surface area contributed by atoms with E-state index in [1.54, 1.807) is 0 Å². The number of ketones is 1. The number of furan rings is 1. The molecule has 1 aromatic heterocycles. The van der Waals surface area contributed by atoms with Gasteiger partial charge in [-0.05, 0) is 49.8 Å². The standard InChI is InChI=1S/C19H13BBr2O8.H2S/c1-5(20)17-10(11-13(25)14(26)15(27)16(28)19(11)30-17)12(24)7-3-8(21)18(9(22)4-7)29-6(2)23;/h3-5,25-28H,1-2H3;1H2. The Morgan fingerprint density at radius 2 is 1.55 bits per heavy atom. The van der Waals surface area contributed by atoms with E-state index < -0.39 is 46.2 Å².